The van der Waals surface area contributed by atoms with E-state index in [9.17, 15) is 4.79 Å². The molecule has 19 heavy (non-hydrogen) atoms. The van der Waals surface area contributed by atoms with Crippen LogP contribution in [0, 0.1) is 0 Å². The van der Waals surface area contributed by atoms with E-state index in [1.165, 1.54) is 0 Å². The van der Waals surface area contributed by atoms with Crippen molar-refractivity contribution in [2.75, 3.05) is 5.32 Å². The van der Waals surface area contributed by atoms with Crippen LogP contribution in [0.4, 0.5) is 5.69 Å². The molecule has 0 saturated heterocycles. The van der Waals surface area contributed by atoms with Gasteiger partial charge < -0.3 is 5.32 Å². The normalized spacial score (nSPS) is 10.3. The van der Waals surface area contributed by atoms with Gasteiger partial charge in [-0.05, 0) is 51.8 Å². The van der Waals surface area contributed by atoms with E-state index in [2.05, 4.69) is 21.2 Å². The molecule has 0 spiro atoms. The summed E-state index contributed by atoms with van der Waals surface area (Å²) in [5.41, 5.74) is 2.16. The number of anilines is 1. The Labute approximate surface area is 129 Å². The van der Waals surface area contributed by atoms with Gasteiger partial charge in [-0.3, -0.25) is 4.79 Å². The van der Waals surface area contributed by atoms with Crippen molar-refractivity contribution in [3.63, 3.8) is 0 Å². The van der Waals surface area contributed by atoms with Crippen molar-refractivity contribution in [2.45, 2.75) is 5.88 Å². The van der Waals surface area contributed by atoms with Gasteiger partial charge in [0.1, 0.15) is 0 Å². The third-order valence-corrected chi connectivity index (χ3v) is 4.04. The standard InChI is InChI=1S/C14H10BrCl2NO/c15-12-7-11(4-5-13(12)17)18-14(19)10-3-1-2-9(6-10)8-16/h1-7H,8H2,(H,18,19). The molecule has 0 radical (unpaired) electrons. The molecule has 2 rings (SSSR count). The number of halogens is 3. The lowest BCUT2D eigenvalue weighted by Crippen LogP contribution is -2.12. The zero-order valence-electron chi connectivity index (χ0n) is 9.79. The maximum Gasteiger partial charge on any atom is 0.255 e. The number of alkyl halides is 1. The van der Waals surface area contributed by atoms with Crippen molar-refractivity contribution in [3.8, 4) is 0 Å². The molecular weight excluding hydrogens is 349 g/mol. The summed E-state index contributed by atoms with van der Waals surface area (Å²) in [5, 5.41) is 3.41. The third kappa shape index (κ3) is 3.72. The van der Waals surface area contributed by atoms with E-state index in [0.717, 1.165) is 10.0 Å². The predicted octanol–water partition coefficient (Wildman–Crippen LogP) is 5.09. The van der Waals surface area contributed by atoms with Gasteiger partial charge >= 0.3 is 0 Å². The molecule has 0 unspecified atom stereocenters. The average molecular weight is 359 g/mol. The van der Waals surface area contributed by atoms with Crippen LogP contribution in [-0.4, -0.2) is 5.91 Å². The highest BCUT2D eigenvalue weighted by Crippen LogP contribution is 2.25. The summed E-state index contributed by atoms with van der Waals surface area (Å²) < 4.78 is 0.737. The number of nitrogens with one attached hydrogen (secondary N) is 1. The minimum Gasteiger partial charge on any atom is -0.322 e. The van der Waals surface area contributed by atoms with Crippen LogP contribution in [0.25, 0.3) is 0 Å². The Morgan fingerprint density at radius 2 is 2.00 bits per heavy atom. The molecule has 0 aliphatic carbocycles. The van der Waals surface area contributed by atoms with Crippen LogP contribution in [-0.2, 0) is 5.88 Å². The second-order valence-corrected chi connectivity index (χ2v) is 5.45. The van der Waals surface area contributed by atoms with E-state index < -0.39 is 0 Å². The predicted molar refractivity (Wildman–Crippen MR) is 83.1 cm³/mol. The third-order valence-electron chi connectivity index (χ3n) is 2.52. The van der Waals surface area contributed by atoms with E-state index in [1.54, 1.807) is 30.3 Å². The zero-order valence-corrected chi connectivity index (χ0v) is 12.9. The van der Waals surface area contributed by atoms with Crippen LogP contribution in [0.5, 0.6) is 0 Å². The number of hydrogen-bond donors (Lipinski definition) is 1. The maximum atomic E-state index is 12.1. The molecule has 0 aliphatic heterocycles. The first-order valence-corrected chi connectivity index (χ1v) is 7.22. The van der Waals surface area contributed by atoms with Crippen LogP contribution < -0.4 is 5.32 Å². The summed E-state index contributed by atoms with van der Waals surface area (Å²) in [4.78, 5) is 12.1. The molecule has 2 nitrogen and oxygen atoms in total. The fourth-order valence-corrected chi connectivity index (χ4v) is 2.24. The van der Waals surface area contributed by atoms with E-state index in [0.29, 0.717) is 22.2 Å². The van der Waals surface area contributed by atoms with Crippen molar-refractivity contribution in [1.82, 2.24) is 0 Å². The molecule has 1 N–H and O–H groups in total. The highest BCUT2D eigenvalue weighted by molar-refractivity contribution is 9.10. The Balaban J connectivity index is 2.18. The quantitative estimate of drug-likeness (QED) is 0.760. The van der Waals surface area contributed by atoms with Gasteiger partial charge in [0.2, 0.25) is 0 Å². The van der Waals surface area contributed by atoms with Crippen LogP contribution >= 0.6 is 39.1 Å². The Morgan fingerprint density at radius 3 is 2.68 bits per heavy atom. The highest BCUT2D eigenvalue weighted by atomic mass is 79.9. The van der Waals surface area contributed by atoms with Gasteiger partial charge in [0.15, 0.2) is 0 Å². The Bertz CT molecular complexity index is 616. The Morgan fingerprint density at radius 1 is 1.21 bits per heavy atom. The van der Waals surface area contributed by atoms with Crippen molar-refractivity contribution in [3.05, 3.63) is 63.1 Å². The molecule has 2 aromatic rings. The summed E-state index contributed by atoms with van der Waals surface area (Å²) in [6.07, 6.45) is 0. The molecule has 98 valence electrons. The van der Waals surface area contributed by atoms with Gasteiger partial charge in [-0.25, -0.2) is 0 Å². The van der Waals surface area contributed by atoms with Crippen LogP contribution in [0.1, 0.15) is 15.9 Å². The van der Waals surface area contributed by atoms with Crippen LogP contribution in [0.15, 0.2) is 46.9 Å². The Kier molecular flexibility index (Phi) is 4.86. The summed E-state index contributed by atoms with van der Waals surface area (Å²) in [6, 6.07) is 12.4. The zero-order chi connectivity index (χ0) is 13.8. The number of rotatable bonds is 3. The van der Waals surface area contributed by atoms with Gasteiger partial charge in [-0.2, -0.15) is 0 Å². The SMILES string of the molecule is O=C(Nc1ccc(Cl)c(Br)c1)c1cccc(CCl)c1. The van der Waals surface area contributed by atoms with Gasteiger partial charge in [0.05, 0.1) is 5.02 Å². The lowest BCUT2D eigenvalue weighted by molar-refractivity contribution is 0.102. The minimum absolute atomic E-state index is 0.179. The second-order valence-electron chi connectivity index (χ2n) is 3.92. The highest BCUT2D eigenvalue weighted by Gasteiger charge is 2.07. The fraction of sp³-hybridized carbons (Fsp3) is 0.0714. The van der Waals surface area contributed by atoms with Crippen molar-refractivity contribution in [1.29, 1.82) is 0 Å². The number of amides is 1. The lowest BCUT2D eigenvalue weighted by atomic mass is 10.1. The van der Waals surface area contributed by atoms with Crippen LogP contribution in [0.2, 0.25) is 5.02 Å². The largest absolute Gasteiger partial charge is 0.322 e. The molecule has 0 fully saturated rings. The minimum atomic E-state index is -0.179. The number of carbonyl (C=O) groups is 1. The molecule has 1 amide bonds. The van der Waals surface area contributed by atoms with Gasteiger partial charge in [-0.15, -0.1) is 11.6 Å². The van der Waals surface area contributed by atoms with Crippen molar-refractivity contribution in [2.24, 2.45) is 0 Å². The van der Waals surface area contributed by atoms with Gasteiger partial charge in [0, 0.05) is 21.6 Å². The van der Waals surface area contributed by atoms with E-state index in [-0.39, 0.29) is 5.91 Å². The summed E-state index contributed by atoms with van der Waals surface area (Å²) in [5.74, 6) is 0.203. The first kappa shape index (κ1) is 14.4. The molecule has 0 aromatic heterocycles. The van der Waals surface area contributed by atoms with E-state index in [1.807, 2.05) is 12.1 Å². The molecule has 5 heteroatoms. The molecule has 2 aromatic carbocycles. The molecular formula is C14H10BrCl2NO. The summed E-state index contributed by atoms with van der Waals surface area (Å²) in [6.45, 7) is 0. The fourth-order valence-electron chi connectivity index (χ4n) is 1.57. The average Bonchev–Trinajstić information content (AvgIpc) is 2.43. The number of carbonyl (C=O) groups excluding carboxylic acids is 1. The van der Waals surface area contributed by atoms with Crippen molar-refractivity contribution >= 4 is 50.7 Å². The van der Waals surface area contributed by atoms with E-state index in [4.69, 9.17) is 23.2 Å². The summed E-state index contributed by atoms with van der Waals surface area (Å²) in [7, 11) is 0. The van der Waals surface area contributed by atoms with Gasteiger partial charge in [-0.1, -0.05) is 23.7 Å². The molecule has 0 aliphatic rings. The Hall–Kier alpha value is -1.03. The second kappa shape index (κ2) is 6.42. The molecule has 0 heterocycles. The number of hydrogen-bond acceptors (Lipinski definition) is 1. The van der Waals surface area contributed by atoms with Crippen molar-refractivity contribution < 1.29 is 4.79 Å². The first-order chi connectivity index (χ1) is 9.10. The smallest absolute Gasteiger partial charge is 0.255 e. The molecule has 0 bridgehead atoms. The maximum absolute atomic E-state index is 12.1. The summed E-state index contributed by atoms with van der Waals surface area (Å²) >= 11 is 15.0. The van der Waals surface area contributed by atoms with Crippen LogP contribution in [0.3, 0.4) is 0 Å². The topological polar surface area (TPSA) is 29.1 Å². The lowest BCUT2D eigenvalue weighted by Gasteiger charge is -2.07. The van der Waals surface area contributed by atoms with Gasteiger partial charge in [0.25, 0.3) is 5.91 Å². The first-order valence-electron chi connectivity index (χ1n) is 5.51. The monoisotopic (exact) mass is 357 g/mol. The number of benzene rings is 2. The molecule has 0 saturated carbocycles. The molecule has 0 atom stereocenters. The van der Waals surface area contributed by atoms with E-state index >= 15 is 0 Å².